The van der Waals surface area contributed by atoms with E-state index in [1.807, 2.05) is 30.5 Å². The standard InChI is InChI=1S/C21H14Cl2N4O3S/c1-11-6-19(25-20(28)14-8-13(22)3-4-15(14)23)27(26-11)21-24-16(9-31-21)12-2-5-17-18(7-12)30-10-29-17/h2-9H,10H2,1H3,(H,25,28). The molecular formula is C21H14Cl2N4O3S. The third-order valence-electron chi connectivity index (χ3n) is 4.59. The molecule has 10 heteroatoms. The summed E-state index contributed by atoms with van der Waals surface area (Å²) in [6.45, 7) is 2.05. The first kappa shape index (κ1) is 19.9. The number of amides is 1. The first-order chi connectivity index (χ1) is 15.0. The highest BCUT2D eigenvalue weighted by Gasteiger charge is 2.19. The molecular weight excluding hydrogens is 459 g/mol. The summed E-state index contributed by atoms with van der Waals surface area (Å²) >= 11 is 13.6. The molecule has 7 nitrogen and oxygen atoms in total. The fraction of sp³-hybridized carbons (Fsp3) is 0.0952. The lowest BCUT2D eigenvalue weighted by Gasteiger charge is -2.08. The predicted octanol–water partition coefficient (Wildman–Crippen LogP) is 5.59. The molecule has 2 aromatic carbocycles. The van der Waals surface area contributed by atoms with Crippen molar-refractivity contribution in [2.75, 3.05) is 12.1 Å². The Kier molecular flexibility index (Phi) is 5.05. The normalized spacial score (nSPS) is 12.2. The van der Waals surface area contributed by atoms with Crippen molar-refractivity contribution in [3.05, 3.63) is 69.1 Å². The fourth-order valence-corrected chi connectivity index (χ4v) is 4.31. The first-order valence-electron chi connectivity index (χ1n) is 9.17. The van der Waals surface area contributed by atoms with E-state index in [0.29, 0.717) is 32.5 Å². The predicted molar refractivity (Wildman–Crippen MR) is 120 cm³/mol. The molecule has 0 spiro atoms. The van der Waals surface area contributed by atoms with E-state index in [-0.39, 0.29) is 18.3 Å². The summed E-state index contributed by atoms with van der Waals surface area (Å²) in [6.07, 6.45) is 0. The van der Waals surface area contributed by atoms with Gasteiger partial charge in [-0.3, -0.25) is 4.79 Å². The number of benzene rings is 2. The van der Waals surface area contributed by atoms with Crippen LogP contribution in [-0.2, 0) is 0 Å². The van der Waals surface area contributed by atoms with Crippen LogP contribution in [0.2, 0.25) is 10.0 Å². The van der Waals surface area contributed by atoms with E-state index in [0.717, 1.165) is 17.0 Å². The van der Waals surface area contributed by atoms with Gasteiger partial charge in [0.1, 0.15) is 5.82 Å². The lowest BCUT2D eigenvalue weighted by atomic mass is 10.1. The number of hydrogen-bond acceptors (Lipinski definition) is 6. The molecule has 1 N–H and O–H groups in total. The van der Waals surface area contributed by atoms with E-state index in [1.54, 1.807) is 22.9 Å². The monoisotopic (exact) mass is 472 g/mol. The van der Waals surface area contributed by atoms with E-state index in [9.17, 15) is 4.79 Å². The number of fused-ring (bicyclic) bond motifs is 1. The number of ether oxygens (including phenoxy) is 2. The zero-order valence-corrected chi connectivity index (χ0v) is 18.4. The number of thiazole rings is 1. The van der Waals surface area contributed by atoms with Gasteiger partial charge in [0.15, 0.2) is 11.5 Å². The third kappa shape index (κ3) is 3.85. The number of hydrogen-bond donors (Lipinski definition) is 1. The summed E-state index contributed by atoms with van der Waals surface area (Å²) in [7, 11) is 0. The zero-order chi connectivity index (χ0) is 21.5. The van der Waals surface area contributed by atoms with Crippen molar-refractivity contribution >= 4 is 46.3 Å². The number of nitrogens with one attached hydrogen (secondary N) is 1. The van der Waals surface area contributed by atoms with Crippen LogP contribution in [0.5, 0.6) is 11.5 Å². The van der Waals surface area contributed by atoms with Crippen LogP contribution in [0.1, 0.15) is 16.1 Å². The maximum absolute atomic E-state index is 12.8. The van der Waals surface area contributed by atoms with Crippen LogP contribution >= 0.6 is 34.5 Å². The summed E-state index contributed by atoms with van der Waals surface area (Å²) in [5.74, 6) is 1.49. The maximum atomic E-state index is 12.8. The van der Waals surface area contributed by atoms with Gasteiger partial charge in [0.05, 0.1) is 22.0 Å². The summed E-state index contributed by atoms with van der Waals surface area (Å²) in [5.41, 5.74) is 2.67. The molecule has 5 rings (SSSR count). The highest BCUT2D eigenvalue weighted by atomic mass is 35.5. The molecule has 0 bridgehead atoms. The van der Waals surface area contributed by atoms with Crippen molar-refractivity contribution in [1.29, 1.82) is 0 Å². The largest absolute Gasteiger partial charge is 0.454 e. The van der Waals surface area contributed by atoms with Crippen LogP contribution in [0.4, 0.5) is 5.82 Å². The Morgan fingerprint density at radius 2 is 1.97 bits per heavy atom. The van der Waals surface area contributed by atoms with Gasteiger partial charge in [-0.2, -0.15) is 9.78 Å². The third-order valence-corrected chi connectivity index (χ3v) is 5.97. The molecule has 3 heterocycles. The summed E-state index contributed by atoms with van der Waals surface area (Å²) in [4.78, 5) is 17.5. The highest BCUT2D eigenvalue weighted by molar-refractivity contribution is 7.12. The average molecular weight is 473 g/mol. The number of anilines is 1. The van der Waals surface area contributed by atoms with E-state index in [4.69, 9.17) is 32.7 Å². The minimum Gasteiger partial charge on any atom is -0.454 e. The van der Waals surface area contributed by atoms with Crippen molar-refractivity contribution in [2.45, 2.75) is 6.92 Å². The molecule has 0 saturated heterocycles. The van der Waals surface area contributed by atoms with Gasteiger partial charge in [-0.1, -0.05) is 23.2 Å². The number of carbonyl (C=O) groups is 1. The smallest absolute Gasteiger partial charge is 0.258 e. The fourth-order valence-electron chi connectivity index (χ4n) is 3.14. The number of carbonyl (C=O) groups excluding carboxylic acids is 1. The molecule has 1 amide bonds. The molecule has 0 radical (unpaired) electrons. The summed E-state index contributed by atoms with van der Waals surface area (Å²) in [6, 6.07) is 12.2. The topological polar surface area (TPSA) is 78.3 Å². The van der Waals surface area contributed by atoms with Crippen molar-refractivity contribution < 1.29 is 14.3 Å². The van der Waals surface area contributed by atoms with Gasteiger partial charge in [0.2, 0.25) is 11.9 Å². The van der Waals surface area contributed by atoms with Gasteiger partial charge in [-0.25, -0.2) is 4.98 Å². The van der Waals surface area contributed by atoms with Gasteiger partial charge >= 0.3 is 0 Å². The molecule has 156 valence electrons. The second kappa shape index (κ2) is 7.88. The molecule has 1 aliphatic rings. The van der Waals surface area contributed by atoms with Gasteiger partial charge in [-0.05, 0) is 43.3 Å². The minimum atomic E-state index is -0.388. The van der Waals surface area contributed by atoms with Crippen LogP contribution in [0.15, 0.2) is 47.8 Å². The Hall–Kier alpha value is -3.07. The molecule has 2 aromatic heterocycles. The second-order valence-corrected chi connectivity index (χ2v) is 8.42. The van der Waals surface area contributed by atoms with E-state index >= 15 is 0 Å². The lowest BCUT2D eigenvalue weighted by Crippen LogP contribution is -2.15. The van der Waals surface area contributed by atoms with E-state index < -0.39 is 0 Å². The van der Waals surface area contributed by atoms with Crippen LogP contribution in [-0.4, -0.2) is 27.5 Å². The van der Waals surface area contributed by atoms with Gasteiger partial charge in [0.25, 0.3) is 5.91 Å². The zero-order valence-electron chi connectivity index (χ0n) is 16.1. The van der Waals surface area contributed by atoms with Gasteiger partial charge in [-0.15, -0.1) is 11.3 Å². The Labute approximate surface area is 191 Å². The van der Waals surface area contributed by atoms with Crippen LogP contribution in [0.3, 0.4) is 0 Å². The van der Waals surface area contributed by atoms with E-state index in [1.165, 1.54) is 17.4 Å². The van der Waals surface area contributed by atoms with Gasteiger partial charge in [0, 0.05) is 22.0 Å². The molecule has 0 atom stereocenters. The molecule has 4 aromatic rings. The molecule has 0 aliphatic carbocycles. The van der Waals surface area contributed by atoms with Crippen molar-refractivity contribution in [3.63, 3.8) is 0 Å². The minimum absolute atomic E-state index is 0.216. The quantitative estimate of drug-likeness (QED) is 0.418. The molecule has 0 unspecified atom stereocenters. The van der Waals surface area contributed by atoms with Gasteiger partial charge < -0.3 is 14.8 Å². The number of nitrogens with zero attached hydrogens (tertiary/aromatic N) is 3. The average Bonchev–Trinajstić information content (AvgIpc) is 3.48. The molecule has 0 saturated carbocycles. The maximum Gasteiger partial charge on any atom is 0.258 e. The molecule has 31 heavy (non-hydrogen) atoms. The number of aryl methyl sites for hydroxylation is 1. The second-order valence-electron chi connectivity index (χ2n) is 6.74. The molecule has 0 fully saturated rings. The van der Waals surface area contributed by atoms with Crippen molar-refractivity contribution in [3.8, 4) is 27.9 Å². The Balaban J connectivity index is 1.45. The Bertz CT molecular complexity index is 1320. The van der Waals surface area contributed by atoms with Crippen LogP contribution in [0.25, 0.3) is 16.4 Å². The van der Waals surface area contributed by atoms with Crippen LogP contribution in [0, 0.1) is 6.92 Å². The lowest BCUT2D eigenvalue weighted by molar-refractivity contribution is 0.102. The van der Waals surface area contributed by atoms with E-state index in [2.05, 4.69) is 15.4 Å². The van der Waals surface area contributed by atoms with Crippen molar-refractivity contribution in [1.82, 2.24) is 14.8 Å². The highest BCUT2D eigenvalue weighted by Crippen LogP contribution is 2.36. The Morgan fingerprint density at radius 1 is 1.13 bits per heavy atom. The van der Waals surface area contributed by atoms with Crippen LogP contribution < -0.4 is 14.8 Å². The number of halogens is 2. The van der Waals surface area contributed by atoms with Crippen molar-refractivity contribution in [2.24, 2.45) is 0 Å². The number of rotatable bonds is 4. The summed E-state index contributed by atoms with van der Waals surface area (Å²) in [5, 5.41) is 10.6. The summed E-state index contributed by atoms with van der Waals surface area (Å²) < 4.78 is 12.4. The Morgan fingerprint density at radius 3 is 2.84 bits per heavy atom. The first-order valence-corrected chi connectivity index (χ1v) is 10.8. The SMILES string of the molecule is Cc1cc(NC(=O)c2cc(Cl)ccc2Cl)n(-c2nc(-c3ccc4c(c3)OCO4)cs2)n1. The molecule has 1 aliphatic heterocycles. The number of aromatic nitrogens is 3.